The van der Waals surface area contributed by atoms with Crippen LogP contribution in [0.25, 0.3) is 0 Å². The van der Waals surface area contributed by atoms with Crippen molar-refractivity contribution in [1.29, 1.82) is 0 Å². The number of primary amides is 1. The molecule has 35 heavy (non-hydrogen) atoms. The SMILES string of the molecule is CCN(C(=O)C(CC(N)=O)NC(=O)OC(C)(C)C)C(C(=O)NC1CCCCC1)c1ccc(C)cc1. The number of likely N-dealkylation sites (N-methyl/N-ethyl adjacent to an activating group) is 1. The summed E-state index contributed by atoms with van der Waals surface area (Å²) in [6.45, 7) is 8.95. The Labute approximate surface area is 208 Å². The molecule has 1 aromatic rings. The molecule has 1 aromatic carbocycles. The van der Waals surface area contributed by atoms with Crippen molar-refractivity contribution in [1.82, 2.24) is 15.5 Å². The molecule has 4 amide bonds. The molecule has 9 nitrogen and oxygen atoms in total. The number of nitrogens with two attached hydrogens (primary N) is 1. The third-order valence-electron chi connectivity index (χ3n) is 5.92. The largest absolute Gasteiger partial charge is 0.444 e. The Morgan fingerprint density at radius 2 is 1.69 bits per heavy atom. The number of nitrogens with zero attached hydrogens (tertiary/aromatic N) is 1. The molecule has 0 radical (unpaired) electrons. The zero-order chi connectivity index (χ0) is 26.2. The maximum Gasteiger partial charge on any atom is 0.408 e. The van der Waals surface area contributed by atoms with Crippen LogP contribution in [-0.2, 0) is 19.1 Å². The number of aryl methyl sites for hydroxylation is 1. The van der Waals surface area contributed by atoms with Crippen molar-refractivity contribution in [2.24, 2.45) is 5.73 Å². The summed E-state index contributed by atoms with van der Waals surface area (Å²) in [5.41, 5.74) is 6.26. The maximum absolute atomic E-state index is 13.7. The average Bonchev–Trinajstić information content (AvgIpc) is 2.76. The summed E-state index contributed by atoms with van der Waals surface area (Å²) in [4.78, 5) is 52.7. The van der Waals surface area contributed by atoms with E-state index in [4.69, 9.17) is 10.5 Å². The van der Waals surface area contributed by atoms with Gasteiger partial charge >= 0.3 is 6.09 Å². The van der Waals surface area contributed by atoms with Crippen LogP contribution in [0.1, 0.15) is 83.4 Å². The first-order valence-electron chi connectivity index (χ1n) is 12.4. The monoisotopic (exact) mass is 488 g/mol. The fourth-order valence-corrected chi connectivity index (χ4v) is 4.27. The molecular formula is C26H40N4O5. The van der Waals surface area contributed by atoms with E-state index < -0.39 is 42.0 Å². The predicted octanol–water partition coefficient (Wildman–Crippen LogP) is 3.10. The fourth-order valence-electron chi connectivity index (χ4n) is 4.27. The van der Waals surface area contributed by atoms with E-state index in [0.29, 0.717) is 5.56 Å². The van der Waals surface area contributed by atoms with E-state index >= 15 is 0 Å². The lowest BCUT2D eigenvalue weighted by Crippen LogP contribution is -2.54. The first kappa shape index (κ1) is 28.1. The number of hydrogen-bond donors (Lipinski definition) is 3. The minimum absolute atomic E-state index is 0.0549. The summed E-state index contributed by atoms with van der Waals surface area (Å²) in [5.74, 6) is -1.62. The second-order valence-corrected chi connectivity index (χ2v) is 10.2. The van der Waals surface area contributed by atoms with Crippen LogP contribution < -0.4 is 16.4 Å². The number of ether oxygens (including phenoxy) is 1. The van der Waals surface area contributed by atoms with Crippen molar-refractivity contribution in [2.45, 2.75) is 96.9 Å². The van der Waals surface area contributed by atoms with Crippen LogP contribution in [0.4, 0.5) is 4.79 Å². The maximum atomic E-state index is 13.7. The fraction of sp³-hybridized carbons (Fsp3) is 0.615. The van der Waals surface area contributed by atoms with Crippen molar-refractivity contribution in [2.75, 3.05) is 6.54 Å². The van der Waals surface area contributed by atoms with Gasteiger partial charge in [0.1, 0.15) is 17.7 Å². The molecule has 0 spiro atoms. The van der Waals surface area contributed by atoms with Gasteiger partial charge in [0, 0.05) is 12.6 Å². The van der Waals surface area contributed by atoms with Gasteiger partial charge in [0.05, 0.1) is 6.42 Å². The number of carbonyl (C=O) groups excluding carboxylic acids is 4. The van der Waals surface area contributed by atoms with Crippen LogP contribution in [0, 0.1) is 6.92 Å². The van der Waals surface area contributed by atoms with E-state index in [2.05, 4.69) is 10.6 Å². The number of rotatable bonds is 9. The Morgan fingerprint density at radius 1 is 1.09 bits per heavy atom. The molecule has 9 heteroatoms. The lowest BCUT2D eigenvalue weighted by Gasteiger charge is -2.35. The Hall–Kier alpha value is -3.10. The van der Waals surface area contributed by atoms with Gasteiger partial charge in [-0.15, -0.1) is 0 Å². The Bertz CT molecular complexity index is 888. The van der Waals surface area contributed by atoms with Crippen LogP contribution in [0.2, 0.25) is 0 Å². The van der Waals surface area contributed by atoms with Crippen LogP contribution in [0.5, 0.6) is 0 Å². The number of amides is 4. The third-order valence-corrected chi connectivity index (χ3v) is 5.92. The minimum Gasteiger partial charge on any atom is -0.444 e. The summed E-state index contributed by atoms with van der Waals surface area (Å²) < 4.78 is 5.27. The Morgan fingerprint density at radius 3 is 2.20 bits per heavy atom. The minimum atomic E-state index is -1.27. The first-order valence-corrected chi connectivity index (χ1v) is 12.4. The van der Waals surface area contributed by atoms with E-state index in [0.717, 1.165) is 37.7 Å². The predicted molar refractivity (Wildman–Crippen MR) is 133 cm³/mol. The number of benzene rings is 1. The first-order chi connectivity index (χ1) is 16.4. The number of carbonyl (C=O) groups is 4. The number of nitrogens with one attached hydrogen (secondary N) is 2. The molecule has 194 valence electrons. The molecule has 2 unspecified atom stereocenters. The topological polar surface area (TPSA) is 131 Å². The molecule has 0 heterocycles. The van der Waals surface area contributed by atoms with Crippen LogP contribution >= 0.6 is 0 Å². The molecule has 0 aliphatic heterocycles. The summed E-state index contributed by atoms with van der Waals surface area (Å²) in [6, 6.07) is 5.27. The summed E-state index contributed by atoms with van der Waals surface area (Å²) in [7, 11) is 0. The molecule has 2 atom stereocenters. The molecule has 0 bridgehead atoms. The normalized spacial score (nSPS) is 16.0. The van der Waals surface area contributed by atoms with Crippen molar-refractivity contribution in [3.05, 3.63) is 35.4 Å². The molecule has 1 aliphatic carbocycles. The van der Waals surface area contributed by atoms with Gasteiger partial charge in [-0.3, -0.25) is 14.4 Å². The third kappa shape index (κ3) is 8.88. The van der Waals surface area contributed by atoms with Gasteiger partial charge in [-0.1, -0.05) is 49.1 Å². The molecule has 1 aliphatic rings. The number of alkyl carbamates (subject to hydrolysis) is 1. The highest BCUT2D eigenvalue weighted by atomic mass is 16.6. The van der Waals surface area contributed by atoms with Crippen LogP contribution in [0.3, 0.4) is 0 Å². The second-order valence-electron chi connectivity index (χ2n) is 10.2. The summed E-state index contributed by atoms with van der Waals surface area (Å²) >= 11 is 0. The standard InChI is InChI=1S/C26H40N4O5/c1-6-30(24(33)20(16-21(27)31)29-25(34)35-26(3,4)5)22(18-14-12-17(2)13-15-18)23(32)28-19-10-8-7-9-11-19/h12-15,19-20,22H,6-11,16H2,1-5H3,(H2,27,31)(H,28,32)(H,29,34). The quantitative estimate of drug-likeness (QED) is 0.492. The van der Waals surface area contributed by atoms with E-state index in [1.165, 1.54) is 4.90 Å². The van der Waals surface area contributed by atoms with Crippen molar-refractivity contribution in [3.8, 4) is 0 Å². The molecule has 0 aromatic heterocycles. The highest BCUT2D eigenvalue weighted by molar-refractivity contribution is 5.94. The van der Waals surface area contributed by atoms with Crippen molar-refractivity contribution in [3.63, 3.8) is 0 Å². The average molecular weight is 489 g/mol. The van der Waals surface area contributed by atoms with Crippen molar-refractivity contribution < 1.29 is 23.9 Å². The van der Waals surface area contributed by atoms with Gasteiger partial charge in [-0.2, -0.15) is 0 Å². The van der Waals surface area contributed by atoms with Crippen LogP contribution in [0.15, 0.2) is 24.3 Å². The van der Waals surface area contributed by atoms with Gasteiger partial charge in [0.2, 0.25) is 17.7 Å². The van der Waals surface area contributed by atoms with Gasteiger partial charge in [0.25, 0.3) is 0 Å². The highest BCUT2D eigenvalue weighted by Crippen LogP contribution is 2.25. The zero-order valence-corrected chi connectivity index (χ0v) is 21.6. The summed E-state index contributed by atoms with van der Waals surface area (Å²) in [5, 5.41) is 5.59. The number of hydrogen-bond acceptors (Lipinski definition) is 5. The van der Waals surface area contributed by atoms with Gasteiger partial charge < -0.3 is 26.0 Å². The van der Waals surface area contributed by atoms with E-state index in [1.54, 1.807) is 27.7 Å². The van der Waals surface area contributed by atoms with Gasteiger partial charge in [-0.25, -0.2) is 4.79 Å². The van der Waals surface area contributed by atoms with E-state index in [1.807, 2.05) is 31.2 Å². The summed E-state index contributed by atoms with van der Waals surface area (Å²) in [6.07, 6.45) is 3.80. The second kappa shape index (κ2) is 12.6. The Balaban J connectivity index is 2.36. The molecule has 1 saturated carbocycles. The zero-order valence-electron chi connectivity index (χ0n) is 21.6. The molecular weight excluding hydrogens is 448 g/mol. The molecule has 4 N–H and O–H groups in total. The van der Waals surface area contributed by atoms with E-state index in [-0.39, 0.29) is 18.5 Å². The highest BCUT2D eigenvalue weighted by Gasteiger charge is 2.36. The molecule has 0 saturated heterocycles. The smallest absolute Gasteiger partial charge is 0.408 e. The Kier molecular flexibility index (Phi) is 10.1. The van der Waals surface area contributed by atoms with Crippen molar-refractivity contribution >= 4 is 23.8 Å². The lowest BCUT2D eigenvalue weighted by molar-refractivity contribution is -0.143. The van der Waals surface area contributed by atoms with Crippen LogP contribution in [-0.4, -0.2) is 52.9 Å². The molecule has 1 fully saturated rings. The lowest BCUT2D eigenvalue weighted by atomic mass is 9.94. The molecule has 2 rings (SSSR count). The van der Waals surface area contributed by atoms with Gasteiger partial charge in [0.15, 0.2) is 0 Å². The van der Waals surface area contributed by atoms with Gasteiger partial charge in [-0.05, 0) is 53.0 Å². The van der Waals surface area contributed by atoms with E-state index in [9.17, 15) is 19.2 Å².